The third-order valence-electron chi connectivity index (χ3n) is 5.74. The topological polar surface area (TPSA) is 116 Å². The molecule has 8 heteroatoms. The monoisotopic (exact) mass is 474 g/mol. The second-order valence-electron chi connectivity index (χ2n) is 8.71. The molecule has 0 aliphatic carbocycles. The Kier molecular flexibility index (Phi) is 22.0. The molecule has 0 aromatic rings. The zero-order chi connectivity index (χ0) is 23.9. The molecule has 0 spiro atoms. The minimum Gasteiger partial charge on any atom is -0.481 e. The number of carboxylic acid groups (broad SMARTS) is 2. The predicted molar refractivity (Wildman–Crippen MR) is 132 cm³/mol. The van der Waals surface area contributed by atoms with Crippen molar-refractivity contribution in [1.29, 1.82) is 0 Å². The maximum Gasteiger partial charge on any atom is 0.321 e. The minimum absolute atomic E-state index is 0.0917. The summed E-state index contributed by atoms with van der Waals surface area (Å²) in [7, 11) is 0. The largest absolute Gasteiger partial charge is 0.481 e. The fourth-order valence-electron chi connectivity index (χ4n) is 3.72. The molecule has 0 bridgehead atoms. The van der Waals surface area contributed by atoms with Gasteiger partial charge in [-0.05, 0) is 32.1 Å². The van der Waals surface area contributed by atoms with Crippen molar-refractivity contribution in [2.45, 2.75) is 128 Å². The van der Waals surface area contributed by atoms with E-state index in [9.17, 15) is 14.4 Å². The molecule has 1 amide bonds. The molecular formula is C24H46N2O5S. The molecule has 0 aromatic heterocycles. The Bertz CT molecular complexity index is 491. The molecule has 1 unspecified atom stereocenters. The fourth-order valence-corrected chi connectivity index (χ4v) is 3.96. The van der Waals surface area contributed by atoms with Crippen LogP contribution in [0.4, 0.5) is 0 Å². The quantitative estimate of drug-likeness (QED) is 0.0933. The van der Waals surface area contributed by atoms with Crippen molar-refractivity contribution in [3.8, 4) is 0 Å². The number of thiol groups is 1. The Balaban J connectivity index is 3.26. The Hall–Kier alpha value is -1.28. The van der Waals surface area contributed by atoms with Gasteiger partial charge in [0.2, 0.25) is 5.91 Å². The van der Waals surface area contributed by atoms with E-state index in [1.165, 1.54) is 57.8 Å². The van der Waals surface area contributed by atoms with E-state index >= 15 is 0 Å². The first-order valence-corrected chi connectivity index (χ1v) is 13.0. The van der Waals surface area contributed by atoms with Gasteiger partial charge in [-0.25, -0.2) is 0 Å². The number of rotatable bonds is 24. The number of nitrogens with one attached hydrogen (secondary N) is 2. The molecule has 0 aliphatic rings. The lowest BCUT2D eigenvalue weighted by Crippen LogP contribution is -2.31. The van der Waals surface area contributed by atoms with E-state index in [1.807, 2.05) is 0 Å². The van der Waals surface area contributed by atoms with Crippen LogP contribution >= 0.6 is 12.8 Å². The van der Waals surface area contributed by atoms with Crippen LogP contribution in [-0.4, -0.2) is 40.6 Å². The van der Waals surface area contributed by atoms with E-state index in [0.29, 0.717) is 25.8 Å². The first-order valence-electron chi connectivity index (χ1n) is 12.6. The summed E-state index contributed by atoms with van der Waals surface area (Å²) in [5, 5.41) is 20.4. The van der Waals surface area contributed by atoms with Gasteiger partial charge >= 0.3 is 11.9 Å². The van der Waals surface area contributed by atoms with Gasteiger partial charge in [0.25, 0.3) is 0 Å². The molecule has 0 aliphatic heterocycles. The van der Waals surface area contributed by atoms with Crippen LogP contribution in [0, 0.1) is 0 Å². The van der Waals surface area contributed by atoms with Gasteiger partial charge in [0.05, 0.1) is 0 Å². The first kappa shape index (κ1) is 30.7. The molecular weight excluding hydrogens is 428 g/mol. The van der Waals surface area contributed by atoms with Crippen LogP contribution in [0.15, 0.2) is 0 Å². The number of carboxylic acids is 2. The predicted octanol–water partition coefficient (Wildman–Crippen LogP) is 5.49. The number of unbranched alkanes of at least 4 members (excludes halogenated alkanes) is 14. The molecule has 0 fully saturated rings. The van der Waals surface area contributed by atoms with Gasteiger partial charge in [0.15, 0.2) is 0 Å². The Morgan fingerprint density at radius 3 is 1.47 bits per heavy atom. The summed E-state index contributed by atoms with van der Waals surface area (Å²) in [6, 6.07) is -0.637. The summed E-state index contributed by atoms with van der Waals surface area (Å²) >= 11 is 3.81. The van der Waals surface area contributed by atoms with Gasteiger partial charge in [0, 0.05) is 19.4 Å². The number of amides is 1. The summed E-state index contributed by atoms with van der Waals surface area (Å²) in [5.41, 5.74) is 0. The molecule has 0 saturated heterocycles. The maximum absolute atomic E-state index is 11.8. The zero-order valence-electron chi connectivity index (χ0n) is 19.8. The Morgan fingerprint density at radius 1 is 0.625 bits per heavy atom. The number of carbonyl (C=O) groups is 3. The van der Waals surface area contributed by atoms with Crippen molar-refractivity contribution in [3.63, 3.8) is 0 Å². The highest BCUT2D eigenvalue weighted by molar-refractivity contribution is 7.78. The molecule has 7 nitrogen and oxygen atoms in total. The average molecular weight is 475 g/mol. The van der Waals surface area contributed by atoms with Gasteiger partial charge in [-0.1, -0.05) is 89.9 Å². The van der Waals surface area contributed by atoms with E-state index in [-0.39, 0.29) is 5.91 Å². The van der Waals surface area contributed by atoms with E-state index in [0.717, 1.165) is 44.9 Å². The van der Waals surface area contributed by atoms with Crippen molar-refractivity contribution < 1.29 is 24.6 Å². The highest BCUT2D eigenvalue weighted by Gasteiger charge is 2.14. The molecule has 0 heterocycles. The normalized spacial score (nSPS) is 11.9. The third kappa shape index (κ3) is 21.9. The molecule has 0 rings (SSSR count). The number of hydrogen-bond acceptors (Lipinski definition) is 5. The highest BCUT2D eigenvalue weighted by Crippen LogP contribution is 2.13. The molecule has 4 N–H and O–H groups in total. The molecule has 32 heavy (non-hydrogen) atoms. The van der Waals surface area contributed by atoms with Crippen molar-refractivity contribution >= 4 is 30.7 Å². The highest BCUT2D eigenvalue weighted by atomic mass is 32.1. The van der Waals surface area contributed by atoms with Gasteiger partial charge < -0.3 is 15.5 Å². The van der Waals surface area contributed by atoms with Crippen LogP contribution in [0.25, 0.3) is 0 Å². The van der Waals surface area contributed by atoms with Crippen LogP contribution in [-0.2, 0) is 14.4 Å². The van der Waals surface area contributed by atoms with E-state index < -0.39 is 18.0 Å². The van der Waals surface area contributed by atoms with Crippen LogP contribution in [0.1, 0.15) is 122 Å². The summed E-state index contributed by atoms with van der Waals surface area (Å²) in [5.74, 6) is -1.49. The van der Waals surface area contributed by atoms with Gasteiger partial charge in [-0.3, -0.25) is 19.1 Å². The smallest absolute Gasteiger partial charge is 0.321 e. The second-order valence-corrected chi connectivity index (χ2v) is 8.97. The number of aliphatic carboxylic acids is 2. The number of carbonyl (C=O) groups excluding carboxylic acids is 1. The van der Waals surface area contributed by atoms with Gasteiger partial charge in [-0.15, -0.1) is 0 Å². The van der Waals surface area contributed by atoms with E-state index in [4.69, 9.17) is 10.2 Å². The SMILES string of the molecule is O=C(O)CCCCCCCCCCCCCCCCC(=O)NCCCCC(NS)C(=O)O. The zero-order valence-corrected chi connectivity index (χ0v) is 20.7. The standard InChI is InChI=1S/C24H46N2O5S/c27-22(25-20-16-15-17-21(26-32)24(30)31)18-13-11-9-7-5-3-1-2-4-6-8-10-12-14-19-23(28)29/h21,26,32H,1-20H2,(H,25,27)(H,28,29)(H,30,31). The van der Waals surface area contributed by atoms with E-state index in [1.54, 1.807) is 0 Å². The third-order valence-corrected chi connectivity index (χ3v) is 6.05. The Labute approximate surface area is 200 Å². The second kappa shape index (κ2) is 22.9. The van der Waals surface area contributed by atoms with Crippen molar-refractivity contribution in [2.75, 3.05) is 6.54 Å². The lowest BCUT2D eigenvalue weighted by Gasteiger charge is -2.10. The van der Waals surface area contributed by atoms with E-state index in [2.05, 4.69) is 22.9 Å². The van der Waals surface area contributed by atoms with Crippen molar-refractivity contribution in [3.05, 3.63) is 0 Å². The van der Waals surface area contributed by atoms with Crippen LogP contribution in [0.5, 0.6) is 0 Å². The molecule has 0 aromatic carbocycles. The van der Waals surface area contributed by atoms with Crippen molar-refractivity contribution in [2.24, 2.45) is 0 Å². The maximum atomic E-state index is 11.8. The van der Waals surface area contributed by atoms with Crippen molar-refractivity contribution in [1.82, 2.24) is 10.0 Å². The summed E-state index contributed by atoms with van der Waals surface area (Å²) in [4.78, 5) is 33.1. The lowest BCUT2D eigenvalue weighted by atomic mass is 10.0. The Morgan fingerprint density at radius 2 is 1.06 bits per heavy atom. The summed E-state index contributed by atoms with van der Waals surface area (Å²) in [6.07, 6.45) is 19.3. The molecule has 0 radical (unpaired) electrons. The molecule has 0 saturated carbocycles. The van der Waals surface area contributed by atoms with Gasteiger partial charge in [-0.2, -0.15) is 0 Å². The summed E-state index contributed by atoms with van der Waals surface area (Å²) < 4.78 is 2.47. The van der Waals surface area contributed by atoms with Crippen LogP contribution in [0.3, 0.4) is 0 Å². The first-order chi connectivity index (χ1) is 15.5. The fraction of sp³-hybridized carbons (Fsp3) is 0.875. The molecule has 188 valence electrons. The molecule has 1 atom stereocenters. The number of hydrogen-bond donors (Lipinski definition) is 5. The van der Waals surface area contributed by atoms with Crippen LogP contribution < -0.4 is 10.0 Å². The van der Waals surface area contributed by atoms with Crippen LogP contribution in [0.2, 0.25) is 0 Å². The summed E-state index contributed by atoms with van der Waals surface area (Å²) in [6.45, 7) is 0.600. The minimum atomic E-state index is -0.901. The van der Waals surface area contributed by atoms with Gasteiger partial charge in [0.1, 0.15) is 6.04 Å². The average Bonchev–Trinajstić information content (AvgIpc) is 2.75. The lowest BCUT2D eigenvalue weighted by molar-refractivity contribution is -0.139.